The molecule has 19 heavy (non-hydrogen) atoms. The van der Waals surface area contributed by atoms with E-state index in [1.165, 1.54) is 0 Å². The predicted octanol–water partition coefficient (Wildman–Crippen LogP) is 4.50. The fourth-order valence-electron chi connectivity index (χ4n) is 1.49. The van der Waals surface area contributed by atoms with Gasteiger partial charge in [0.2, 0.25) is 9.05 Å². The van der Waals surface area contributed by atoms with Crippen molar-refractivity contribution < 1.29 is 13.2 Å². The van der Waals surface area contributed by atoms with Gasteiger partial charge in [0, 0.05) is 16.7 Å². The van der Waals surface area contributed by atoms with E-state index in [2.05, 4.69) is 0 Å². The molecule has 0 spiro atoms. The largest absolute Gasteiger partial charge is 0.494 e. The van der Waals surface area contributed by atoms with E-state index >= 15 is 0 Å². The molecule has 0 fully saturated rings. The Morgan fingerprint density at radius 1 is 1.00 bits per heavy atom. The van der Waals surface area contributed by atoms with E-state index in [4.69, 9.17) is 38.6 Å². The molecule has 1 rings (SSSR count). The smallest absolute Gasteiger partial charge is 0.232 e. The van der Waals surface area contributed by atoms with Crippen molar-refractivity contribution in [2.75, 3.05) is 12.4 Å². The summed E-state index contributed by atoms with van der Waals surface area (Å²) < 4.78 is 26.9. The first-order chi connectivity index (χ1) is 8.88. The molecule has 0 unspecified atom stereocenters. The Morgan fingerprint density at radius 2 is 1.68 bits per heavy atom. The quantitative estimate of drug-likeness (QED) is 0.514. The Morgan fingerprint density at radius 3 is 2.32 bits per heavy atom. The summed E-state index contributed by atoms with van der Waals surface area (Å²) in [7, 11) is 1.75. The van der Waals surface area contributed by atoms with Crippen molar-refractivity contribution >= 4 is 42.9 Å². The second-order valence-corrected chi connectivity index (χ2v) is 7.79. The topological polar surface area (TPSA) is 43.4 Å². The second-order valence-electron chi connectivity index (χ2n) is 4.08. The lowest BCUT2D eigenvalue weighted by molar-refractivity contribution is 0.305. The normalized spacial score (nSPS) is 11.5. The maximum Gasteiger partial charge on any atom is 0.232 e. The molecule has 7 heteroatoms. The second kappa shape index (κ2) is 8.20. The Bertz CT molecular complexity index is 503. The van der Waals surface area contributed by atoms with Crippen LogP contribution in [-0.2, 0) is 9.05 Å². The fourth-order valence-corrected chi connectivity index (χ4v) is 2.65. The molecular weight excluding hydrogens is 331 g/mol. The van der Waals surface area contributed by atoms with E-state index in [9.17, 15) is 8.42 Å². The van der Waals surface area contributed by atoms with E-state index in [-0.39, 0.29) is 5.75 Å². The van der Waals surface area contributed by atoms with Gasteiger partial charge in [0.15, 0.2) is 0 Å². The summed E-state index contributed by atoms with van der Waals surface area (Å²) in [6, 6.07) is 5.11. The molecular formula is C12H15Cl3O3S. The minimum absolute atomic E-state index is 0.0300. The van der Waals surface area contributed by atoms with Gasteiger partial charge in [-0.3, -0.25) is 0 Å². The monoisotopic (exact) mass is 344 g/mol. The standard InChI is InChI=1S/C12H15Cl3O3S/c13-11-6-5-10(9-12(11)14)18-7-3-1-2-4-8-19(15,16)17/h5-6,9H,1-4,7-8H2. The summed E-state index contributed by atoms with van der Waals surface area (Å²) in [5, 5.41) is 0.961. The molecule has 0 bridgehead atoms. The lowest BCUT2D eigenvalue weighted by Gasteiger charge is -2.06. The van der Waals surface area contributed by atoms with Gasteiger partial charge in [-0.1, -0.05) is 36.0 Å². The maximum absolute atomic E-state index is 10.7. The number of hydrogen-bond donors (Lipinski definition) is 0. The minimum atomic E-state index is -3.35. The number of halogens is 3. The highest BCUT2D eigenvalue weighted by Gasteiger charge is 2.04. The number of unbranched alkanes of at least 4 members (excludes halogenated alkanes) is 3. The van der Waals surface area contributed by atoms with Crippen LogP contribution in [0.3, 0.4) is 0 Å². The van der Waals surface area contributed by atoms with Crippen molar-refractivity contribution in [3.8, 4) is 5.75 Å². The summed E-state index contributed by atoms with van der Waals surface area (Å²) in [4.78, 5) is 0. The molecule has 0 saturated carbocycles. The molecule has 0 N–H and O–H groups in total. The van der Waals surface area contributed by atoms with Crippen LogP contribution in [0.25, 0.3) is 0 Å². The van der Waals surface area contributed by atoms with Crippen molar-refractivity contribution in [3.05, 3.63) is 28.2 Å². The number of benzene rings is 1. The van der Waals surface area contributed by atoms with E-state index in [1.807, 2.05) is 0 Å². The lowest BCUT2D eigenvalue weighted by Crippen LogP contribution is -1.99. The predicted molar refractivity (Wildman–Crippen MR) is 80.1 cm³/mol. The third-order valence-corrected chi connectivity index (χ3v) is 4.42. The third-order valence-electron chi connectivity index (χ3n) is 2.44. The van der Waals surface area contributed by atoms with Crippen LogP contribution in [0.1, 0.15) is 25.7 Å². The van der Waals surface area contributed by atoms with Crippen LogP contribution in [0.4, 0.5) is 0 Å². The first-order valence-corrected chi connectivity index (χ1v) is 9.12. The van der Waals surface area contributed by atoms with Crippen molar-refractivity contribution in [1.82, 2.24) is 0 Å². The molecule has 0 aromatic heterocycles. The van der Waals surface area contributed by atoms with Crippen molar-refractivity contribution in [3.63, 3.8) is 0 Å². The highest BCUT2D eigenvalue weighted by molar-refractivity contribution is 8.13. The summed E-state index contributed by atoms with van der Waals surface area (Å²) in [6.07, 6.45) is 3.14. The van der Waals surface area contributed by atoms with Gasteiger partial charge in [0.05, 0.1) is 22.4 Å². The zero-order chi connectivity index (χ0) is 14.3. The van der Waals surface area contributed by atoms with E-state index in [0.29, 0.717) is 28.8 Å². The summed E-state index contributed by atoms with van der Waals surface area (Å²) in [5.41, 5.74) is 0. The van der Waals surface area contributed by atoms with Crippen LogP contribution in [0.2, 0.25) is 10.0 Å². The van der Waals surface area contributed by atoms with E-state index in [0.717, 1.165) is 19.3 Å². The van der Waals surface area contributed by atoms with Crippen LogP contribution in [0.15, 0.2) is 18.2 Å². The van der Waals surface area contributed by atoms with Gasteiger partial charge in [0.1, 0.15) is 5.75 Å². The molecule has 1 aromatic carbocycles. The van der Waals surface area contributed by atoms with Crippen molar-refractivity contribution in [2.24, 2.45) is 0 Å². The molecule has 1 aromatic rings. The Hall–Kier alpha value is -0.160. The van der Waals surface area contributed by atoms with Crippen LogP contribution >= 0.6 is 33.9 Å². The van der Waals surface area contributed by atoms with Crippen LogP contribution in [0.5, 0.6) is 5.75 Å². The van der Waals surface area contributed by atoms with Crippen molar-refractivity contribution in [2.45, 2.75) is 25.7 Å². The molecule has 0 amide bonds. The summed E-state index contributed by atoms with van der Waals surface area (Å²) in [5.74, 6) is 0.708. The van der Waals surface area contributed by atoms with Gasteiger partial charge in [-0.2, -0.15) is 0 Å². The van der Waals surface area contributed by atoms with E-state index in [1.54, 1.807) is 18.2 Å². The number of ether oxygens (including phenoxy) is 1. The molecule has 0 aliphatic heterocycles. The van der Waals surface area contributed by atoms with E-state index < -0.39 is 9.05 Å². The molecule has 108 valence electrons. The highest BCUT2D eigenvalue weighted by atomic mass is 35.7. The van der Waals surface area contributed by atoms with Gasteiger partial charge in [-0.25, -0.2) is 8.42 Å². The van der Waals surface area contributed by atoms with Crippen LogP contribution in [0, 0.1) is 0 Å². The van der Waals surface area contributed by atoms with Crippen LogP contribution in [-0.4, -0.2) is 20.8 Å². The van der Waals surface area contributed by atoms with Gasteiger partial charge in [-0.15, -0.1) is 0 Å². The Kier molecular flexibility index (Phi) is 7.29. The number of rotatable bonds is 8. The zero-order valence-electron chi connectivity index (χ0n) is 10.2. The van der Waals surface area contributed by atoms with Gasteiger partial charge in [0.25, 0.3) is 0 Å². The summed E-state index contributed by atoms with van der Waals surface area (Å²) in [6.45, 7) is 0.561. The molecule has 0 saturated heterocycles. The molecule has 3 nitrogen and oxygen atoms in total. The molecule has 0 radical (unpaired) electrons. The molecule has 0 aliphatic rings. The average molecular weight is 346 g/mol. The lowest BCUT2D eigenvalue weighted by atomic mass is 10.2. The van der Waals surface area contributed by atoms with Gasteiger partial charge in [-0.05, 0) is 25.0 Å². The Labute approximate surface area is 128 Å². The maximum atomic E-state index is 10.7. The third kappa shape index (κ3) is 7.88. The van der Waals surface area contributed by atoms with Gasteiger partial charge < -0.3 is 4.74 Å². The first-order valence-electron chi connectivity index (χ1n) is 5.89. The van der Waals surface area contributed by atoms with Gasteiger partial charge >= 0.3 is 0 Å². The molecule has 0 atom stereocenters. The van der Waals surface area contributed by atoms with Crippen LogP contribution < -0.4 is 4.74 Å². The fraction of sp³-hybridized carbons (Fsp3) is 0.500. The van der Waals surface area contributed by atoms with Crippen molar-refractivity contribution in [1.29, 1.82) is 0 Å². The first kappa shape index (κ1) is 16.9. The number of hydrogen-bond acceptors (Lipinski definition) is 3. The zero-order valence-corrected chi connectivity index (χ0v) is 13.3. The SMILES string of the molecule is O=S(=O)(Cl)CCCCCCOc1ccc(Cl)c(Cl)c1. The average Bonchev–Trinajstić information content (AvgIpc) is 2.31. The Balaban J connectivity index is 2.12. The molecule has 0 aliphatic carbocycles. The minimum Gasteiger partial charge on any atom is -0.494 e. The molecule has 0 heterocycles. The highest BCUT2D eigenvalue weighted by Crippen LogP contribution is 2.26. The summed E-state index contributed by atoms with van der Waals surface area (Å²) >= 11 is 11.6.